The molecule has 0 aromatic heterocycles. The van der Waals surface area contributed by atoms with Crippen molar-refractivity contribution in [2.75, 3.05) is 12.8 Å². The zero-order chi connectivity index (χ0) is 5.56. The molecule has 44 valence electrons. The van der Waals surface area contributed by atoms with Gasteiger partial charge in [-0.15, -0.1) is 11.8 Å². The van der Waals surface area contributed by atoms with Crippen molar-refractivity contribution in [3.8, 4) is 0 Å². The molecule has 0 saturated heterocycles. The lowest BCUT2D eigenvalue weighted by molar-refractivity contribution is 0.864. The highest BCUT2D eigenvalue weighted by molar-refractivity contribution is 8.13. The third-order valence-corrected chi connectivity index (χ3v) is 2.78. The quantitative estimate of drug-likeness (QED) is 0.479. The van der Waals surface area contributed by atoms with Crippen LogP contribution in [0.3, 0.4) is 0 Å². The highest BCUT2D eigenvalue weighted by Gasteiger charge is 2.44. The monoisotopic (exact) mass is 127 g/mol. The van der Waals surface area contributed by atoms with E-state index in [2.05, 4.69) is 11.2 Å². The van der Waals surface area contributed by atoms with E-state index in [1.807, 2.05) is 11.8 Å². The summed E-state index contributed by atoms with van der Waals surface area (Å²) in [5.41, 5.74) is 0. The summed E-state index contributed by atoms with van der Waals surface area (Å²) in [7, 11) is 0. The summed E-state index contributed by atoms with van der Waals surface area (Å²) < 4.78 is 0. The lowest BCUT2D eigenvalue weighted by Gasteiger charge is -1.90. The second-order valence-electron chi connectivity index (χ2n) is 2.49. The fraction of sp³-hybridized carbons (Fsp3) is 0.833. The van der Waals surface area contributed by atoms with Gasteiger partial charge in [0, 0.05) is 12.5 Å². The number of hydrogen-bond donors (Lipinski definition) is 0. The maximum absolute atomic E-state index is 4.36. The maximum atomic E-state index is 4.36. The highest BCUT2D eigenvalue weighted by Crippen LogP contribution is 2.46. The minimum atomic E-state index is 0.907. The number of fused-ring (bicyclic) bond motifs is 1. The molecule has 0 aromatic rings. The Balaban J connectivity index is 2.12. The number of nitrogens with zero attached hydrogens (tertiary/aromatic N) is 1. The van der Waals surface area contributed by atoms with Gasteiger partial charge in [0.1, 0.15) is 0 Å². The summed E-state index contributed by atoms with van der Waals surface area (Å²) in [6, 6.07) is 0. The number of rotatable bonds is 0. The van der Waals surface area contributed by atoms with Crippen molar-refractivity contribution in [2.45, 2.75) is 6.42 Å². The molecule has 2 atom stereocenters. The lowest BCUT2D eigenvalue weighted by atomic mass is 10.4. The fourth-order valence-corrected chi connectivity index (χ4v) is 2.09. The van der Waals surface area contributed by atoms with Crippen LogP contribution in [0.4, 0.5) is 0 Å². The van der Waals surface area contributed by atoms with Gasteiger partial charge in [-0.3, -0.25) is 4.99 Å². The van der Waals surface area contributed by atoms with Gasteiger partial charge in [-0.05, 0) is 18.6 Å². The number of aliphatic imine (C=N–C) groups is 1. The van der Waals surface area contributed by atoms with Crippen molar-refractivity contribution < 1.29 is 0 Å². The molecule has 0 spiro atoms. The molecule has 1 saturated carbocycles. The summed E-state index contributed by atoms with van der Waals surface area (Å²) >= 11 is 1.83. The second-order valence-corrected chi connectivity index (χ2v) is 3.31. The topological polar surface area (TPSA) is 12.4 Å². The normalized spacial score (nSPS) is 41.4. The van der Waals surface area contributed by atoms with Gasteiger partial charge in [-0.2, -0.15) is 0 Å². The summed E-state index contributed by atoms with van der Waals surface area (Å²) in [5, 5.41) is 1.41. The Labute approximate surface area is 53.6 Å². The van der Waals surface area contributed by atoms with Crippen LogP contribution >= 0.6 is 11.8 Å². The Morgan fingerprint density at radius 1 is 1.75 bits per heavy atom. The molecule has 2 unspecified atom stereocenters. The molecule has 2 heteroatoms. The van der Waals surface area contributed by atoms with Crippen LogP contribution in [0.5, 0.6) is 0 Å². The molecular formula is C6H9NS. The van der Waals surface area contributed by atoms with Crippen LogP contribution in [0.2, 0.25) is 0 Å². The van der Waals surface area contributed by atoms with Gasteiger partial charge >= 0.3 is 0 Å². The molecule has 1 heterocycles. The zero-order valence-corrected chi connectivity index (χ0v) is 5.74. The van der Waals surface area contributed by atoms with Crippen LogP contribution in [0, 0.1) is 11.8 Å². The van der Waals surface area contributed by atoms with E-state index in [0.29, 0.717) is 0 Å². The molecular weight excluding hydrogens is 118 g/mol. The van der Waals surface area contributed by atoms with Crippen molar-refractivity contribution in [1.29, 1.82) is 0 Å². The van der Waals surface area contributed by atoms with Gasteiger partial charge < -0.3 is 0 Å². The van der Waals surface area contributed by atoms with Gasteiger partial charge in [0.25, 0.3) is 0 Å². The van der Waals surface area contributed by atoms with Gasteiger partial charge in [0.2, 0.25) is 0 Å². The van der Waals surface area contributed by atoms with Crippen LogP contribution < -0.4 is 0 Å². The van der Waals surface area contributed by atoms with Crippen LogP contribution in [0.15, 0.2) is 4.99 Å². The first-order valence-electron chi connectivity index (χ1n) is 3.00. The summed E-state index contributed by atoms with van der Waals surface area (Å²) in [4.78, 5) is 4.36. The summed E-state index contributed by atoms with van der Waals surface area (Å²) in [6.07, 6.45) is 3.55. The van der Waals surface area contributed by atoms with E-state index in [4.69, 9.17) is 0 Å². The van der Waals surface area contributed by atoms with Crippen LogP contribution in [-0.2, 0) is 0 Å². The Morgan fingerprint density at radius 2 is 2.62 bits per heavy atom. The molecule has 0 amide bonds. The second kappa shape index (κ2) is 1.50. The van der Waals surface area contributed by atoms with Gasteiger partial charge in [0.05, 0.1) is 5.04 Å². The first-order chi connectivity index (χ1) is 3.92. The van der Waals surface area contributed by atoms with E-state index < -0.39 is 0 Å². The standard InChI is InChI=1S/C6H9NS/c1-8-6-5-2-4(5)3-7-6/h4-5H,2-3H2,1H3. The van der Waals surface area contributed by atoms with Crippen LogP contribution in [0.1, 0.15) is 6.42 Å². The van der Waals surface area contributed by atoms with Crippen LogP contribution in [-0.4, -0.2) is 17.8 Å². The maximum Gasteiger partial charge on any atom is 0.0707 e. The van der Waals surface area contributed by atoms with E-state index in [9.17, 15) is 0 Å². The van der Waals surface area contributed by atoms with Crippen molar-refractivity contribution in [3.05, 3.63) is 0 Å². The molecule has 1 nitrogen and oxygen atoms in total. The zero-order valence-electron chi connectivity index (χ0n) is 4.92. The average molecular weight is 127 g/mol. The van der Waals surface area contributed by atoms with E-state index in [0.717, 1.165) is 18.4 Å². The van der Waals surface area contributed by atoms with E-state index in [1.54, 1.807) is 0 Å². The van der Waals surface area contributed by atoms with E-state index >= 15 is 0 Å². The predicted molar refractivity (Wildman–Crippen MR) is 37.4 cm³/mol. The average Bonchev–Trinajstić information content (AvgIpc) is 2.46. The molecule has 1 fully saturated rings. The Bertz CT molecular complexity index is 141. The molecule has 8 heavy (non-hydrogen) atoms. The Morgan fingerprint density at radius 3 is 2.88 bits per heavy atom. The molecule has 1 aliphatic heterocycles. The lowest BCUT2D eigenvalue weighted by Crippen LogP contribution is -1.88. The smallest absolute Gasteiger partial charge is 0.0707 e. The van der Waals surface area contributed by atoms with Crippen LogP contribution in [0.25, 0.3) is 0 Å². The first kappa shape index (κ1) is 4.86. The first-order valence-corrected chi connectivity index (χ1v) is 4.22. The van der Waals surface area contributed by atoms with Gasteiger partial charge in [-0.25, -0.2) is 0 Å². The highest BCUT2D eigenvalue weighted by atomic mass is 32.2. The molecule has 0 radical (unpaired) electrons. The largest absolute Gasteiger partial charge is 0.282 e. The minimum Gasteiger partial charge on any atom is -0.282 e. The Kier molecular flexibility index (Phi) is 0.911. The van der Waals surface area contributed by atoms with E-state index in [1.165, 1.54) is 11.5 Å². The minimum absolute atomic E-state index is 0.907. The molecule has 0 aromatic carbocycles. The molecule has 2 rings (SSSR count). The van der Waals surface area contributed by atoms with Gasteiger partial charge in [0.15, 0.2) is 0 Å². The molecule has 1 aliphatic carbocycles. The van der Waals surface area contributed by atoms with Crippen molar-refractivity contribution >= 4 is 16.8 Å². The molecule has 2 aliphatic rings. The third-order valence-electron chi connectivity index (χ3n) is 1.93. The summed E-state index contributed by atoms with van der Waals surface area (Å²) in [6.45, 7) is 1.13. The van der Waals surface area contributed by atoms with Crippen molar-refractivity contribution in [2.24, 2.45) is 16.8 Å². The molecule has 0 bridgehead atoms. The van der Waals surface area contributed by atoms with E-state index in [-0.39, 0.29) is 0 Å². The SMILES string of the molecule is CSC1=NCC2CC12. The third kappa shape index (κ3) is 0.524. The number of thioether (sulfide) groups is 1. The van der Waals surface area contributed by atoms with Gasteiger partial charge in [-0.1, -0.05) is 0 Å². The van der Waals surface area contributed by atoms with Crippen molar-refractivity contribution in [1.82, 2.24) is 0 Å². The summed E-state index contributed by atoms with van der Waals surface area (Å²) in [5.74, 6) is 1.88. The fourth-order valence-electron chi connectivity index (χ4n) is 1.29. The number of hydrogen-bond acceptors (Lipinski definition) is 2. The Hall–Kier alpha value is 0.0200. The molecule has 0 N–H and O–H groups in total. The predicted octanol–water partition coefficient (Wildman–Crippen LogP) is 1.40. The van der Waals surface area contributed by atoms with Crippen molar-refractivity contribution in [3.63, 3.8) is 0 Å².